The zero-order valence-corrected chi connectivity index (χ0v) is 15.4. The van der Waals surface area contributed by atoms with Crippen molar-refractivity contribution in [3.05, 3.63) is 54.1 Å². The van der Waals surface area contributed by atoms with E-state index in [1.807, 2.05) is 6.92 Å². The lowest BCUT2D eigenvalue weighted by molar-refractivity contribution is 0.0450. The second-order valence-corrected chi connectivity index (χ2v) is 7.01. The predicted octanol–water partition coefficient (Wildman–Crippen LogP) is 2.23. The summed E-state index contributed by atoms with van der Waals surface area (Å²) in [4.78, 5) is 12.0. The van der Waals surface area contributed by atoms with Gasteiger partial charge in [-0.25, -0.2) is 17.9 Å². The van der Waals surface area contributed by atoms with Crippen molar-refractivity contribution >= 4 is 16.0 Å². The van der Waals surface area contributed by atoms with Crippen molar-refractivity contribution in [3.8, 4) is 11.5 Å². The van der Waals surface area contributed by atoms with Gasteiger partial charge in [-0.3, -0.25) is 0 Å². The van der Waals surface area contributed by atoms with Crippen molar-refractivity contribution < 1.29 is 27.4 Å². The summed E-state index contributed by atoms with van der Waals surface area (Å²) in [6.07, 6.45) is 0. The van der Waals surface area contributed by atoms with Gasteiger partial charge in [0.25, 0.3) is 0 Å². The van der Waals surface area contributed by atoms with E-state index in [0.717, 1.165) is 5.75 Å². The van der Waals surface area contributed by atoms with E-state index in [0.29, 0.717) is 12.4 Å². The fourth-order valence-corrected chi connectivity index (χ4v) is 2.86. The third-order valence-electron chi connectivity index (χ3n) is 3.37. The molecule has 140 valence electrons. The average Bonchev–Trinajstić information content (AvgIpc) is 2.66. The Labute approximate surface area is 152 Å². The summed E-state index contributed by atoms with van der Waals surface area (Å²) in [6.45, 7) is 2.71. The largest absolute Gasteiger partial charge is 0.494 e. The Kier molecular flexibility index (Phi) is 6.99. The van der Waals surface area contributed by atoms with E-state index in [4.69, 9.17) is 14.2 Å². The van der Waals surface area contributed by atoms with Crippen LogP contribution in [0.2, 0.25) is 0 Å². The van der Waals surface area contributed by atoms with Crippen LogP contribution in [0.5, 0.6) is 11.5 Å². The number of ether oxygens (including phenoxy) is 3. The molecule has 7 nitrogen and oxygen atoms in total. The number of esters is 1. The minimum Gasteiger partial charge on any atom is -0.494 e. The van der Waals surface area contributed by atoms with Crippen molar-refractivity contribution in [2.75, 3.05) is 26.9 Å². The molecule has 0 saturated carbocycles. The van der Waals surface area contributed by atoms with Gasteiger partial charge in [0.2, 0.25) is 10.0 Å². The molecule has 0 aliphatic rings. The number of hydrogen-bond acceptors (Lipinski definition) is 6. The van der Waals surface area contributed by atoms with Crippen molar-refractivity contribution in [2.45, 2.75) is 11.8 Å². The number of rotatable bonds is 9. The first-order chi connectivity index (χ1) is 12.5. The second-order valence-electron chi connectivity index (χ2n) is 5.12. The summed E-state index contributed by atoms with van der Waals surface area (Å²) in [6, 6.07) is 12.7. The molecule has 26 heavy (non-hydrogen) atoms. The molecule has 0 radical (unpaired) electrons. The van der Waals surface area contributed by atoms with Crippen LogP contribution in [0.4, 0.5) is 0 Å². The van der Waals surface area contributed by atoms with Crippen molar-refractivity contribution in [1.82, 2.24) is 4.72 Å². The molecule has 0 atom stereocenters. The Morgan fingerprint density at radius 1 is 1.00 bits per heavy atom. The van der Waals surface area contributed by atoms with Crippen molar-refractivity contribution in [2.24, 2.45) is 0 Å². The number of nitrogens with one attached hydrogen (secondary N) is 1. The Morgan fingerprint density at radius 3 is 2.27 bits per heavy atom. The van der Waals surface area contributed by atoms with Crippen LogP contribution < -0.4 is 14.2 Å². The highest BCUT2D eigenvalue weighted by molar-refractivity contribution is 7.89. The number of hydrogen-bond donors (Lipinski definition) is 1. The number of carbonyl (C=O) groups excluding carboxylic acids is 1. The molecule has 0 heterocycles. The molecule has 1 N–H and O–H groups in total. The first-order valence-electron chi connectivity index (χ1n) is 8.02. The van der Waals surface area contributed by atoms with Gasteiger partial charge in [-0.1, -0.05) is 6.07 Å². The molecule has 0 fully saturated rings. The Morgan fingerprint density at radius 2 is 1.65 bits per heavy atom. The topological polar surface area (TPSA) is 90.9 Å². The van der Waals surface area contributed by atoms with E-state index in [1.54, 1.807) is 24.3 Å². The fourth-order valence-electron chi connectivity index (χ4n) is 2.08. The Bertz CT molecular complexity index is 833. The molecular weight excluding hydrogens is 358 g/mol. The standard InChI is InChI=1S/C18H21NO6S/c1-3-23-15-7-9-16(10-8-15)24-11-12-25-18(20)14-5-4-6-17(13-14)26(21,22)19-2/h4-10,13,19H,3,11-12H2,1-2H3. The molecule has 0 bridgehead atoms. The zero-order chi connectivity index (χ0) is 19.0. The average molecular weight is 379 g/mol. The summed E-state index contributed by atoms with van der Waals surface area (Å²) in [5, 5.41) is 0. The fraction of sp³-hybridized carbons (Fsp3) is 0.278. The lowest BCUT2D eigenvalue weighted by Crippen LogP contribution is -2.19. The van der Waals surface area contributed by atoms with E-state index in [9.17, 15) is 13.2 Å². The van der Waals surface area contributed by atoms with Crippen LogP contribution in [0.15, 0.2) is 53.4 Å². The molecule has 0 aliphatic carbocycles. The first kappa shape index (κ1) is 19.7. The molecule has 0 spiro atoms. The summed E-state index contributed by atoms with van der Waals surface area (Å²) < 4.78 is 41.7. The molecule has 0 aromatic heterocycles. The van der Waals surface area contributed by atoms with Crippen LogP contribution in [0.1, 0.15) is 17.3 Å². The van der Waals surface area contributed by atoms with E-state index in [1.165, 1.54) is 31.3 Å². The van der Waals surface area contributed by atoms with Crippen LogP contribution in [0.3, 0.4) is 0 Å². The van der Waals surface area contributed by atoms with Crippen LogP contribution in [0.25, 0.3) is 0 Å². The molecule has 0 amide bonds. The molecule has 0 aliphatic heterocycles. The molecule has 0 saturated heterocycles. The molecule has 2 rings (SSSR count). The van der Waals surface area contributed by atoms with Gasteiger partial charge in [0, 0.05) is 0 Å². The van der Waals surface area contributed by atoms with Gasteiger partial charge in [0.15, 0.2) is 0 Å². The molecule has 0 unspecified atom stereocenters. The summed E-state index contributed by atoms with van der Waals surface area (Å²) in [5.74, 6) is 0.766. The Hall–Kier alpha value is -2.58. The number of benzene rings is 2. The van der Waals surface area contributed by atoms with Crippen molar-refractivity contribution in [3.63, 3.8) is 0 Å². The van der Waals surface area contributed by atoms with Gasteiger partial charge in [0.1, 0.15) is 24.7 Å². The van der Waals surface area contributed by atoms with E-state index >= 15 is 0 Å². The smallest absolute Gasteiger partial charge is 0.338 e. The third-order valence-corrected chi connectivity index (χ3v) is 4.78. The normalized spacial score (nSPS) is 11.0. The minimum absolute atomic E-state index is 0.0000814. The maximum absolute atomic E-state index is 12.0. The van der Waals surface area contributed by atoms with Crippen molar-refractivity contribution in [1.29, 1.82) is 0 Å². The lowest BCUT2D eigenvalue weighted by atomic mass is 10.2. The highest BCUT2D eigenvalue weighted by Crippen LogP contribution is 2.17. The molecule has 8 heteroatoms. The highest BCUT2D eigenvalue weighted by atomic mass is 32.2. The van der Waals surface area contributed by atoms with E-state index in [2.05, 4.69) is 4.72 Å². The lowest BCUT2D eigenvalue weighted by Gasteiger charge is -2.09. The Balaban J connectivity index is 1.84. The molecular formula is C18H21NO6S. The van der Waals surface area contributed by atoms with E-state index in [-0.39, 0.29) is 23.7 Å². The van der Waals surface area contributed by atoms with Gasteiger partial charge in [-0.05, 0) is 56.4 Å². The summed E-state index contributed by atoms with van der Waals surface area (Å²) in [5.41, 5.74) is 0.155. The van der Waals surface area contributed by atoms with Crippen LogP contribution >= 0.6 is 0 Å². The van der Waals surface area contributed by atoms with Gasteiger partial charge in [0.05, 0.1) is 17.1 Å². The van der Waals surface area contributed by atoms with Gasteiger partial charge in [-0.15, -0.1) is 0 Å². The zero-order valence-electron chi connectivity index (χ0n) is 14.6. The third kappa shape index (κ3) is 5.47. The summed E-state index contributed by atoms with van der Waals surface area (Å²) >= 11 is 0. The monoisotopic (exact) mass is 379 g/mol. The SMILES string of the molecule is CCOc1ccc(OCCOC(=O)c2cccc(S(=O)(=O)NC)c2)cc1. The van der Waals surface area contributed by atoms with Gasteiger partial charge < -0.3 is 14.2 Å². The van der Waals surface area contributed by atoms with E-state index < -0.39 is 16.0 Å². The predicted molar refractivity (Wildman–Crippen MR) is 96.1 cm³/mol. The number of sulfonamides is 1. The van der Waals surface area contributed by atoms with Gasteiger partial charge >= 0.3 is 5.97 Å². The maximum Gasteiger partial charge on any atom is 0.338 e. The molecule has 2 aromatic rings. The highest BCUT2D eigenvalue weighted by Gasteiger charge is 2.15. The maximum atomic E-state index is 12.0. The van der Waals surface area contributed by atoms with Crippen LogP contribution in [0, 0.1) is 0 Å². The molecule has 2 aromatic carbocycles. The first-order valence-corrected chi connectivity index (χ1v) is 9.51. The van der Waals surface area contributed by atoms with Crippen LogP contribution in [-0.2, 0) is 14.8 Å². The van der Waals surface area contributed by atoms with Gasteiger partial charge in [-0.2, -0.15) is 0 Å². The minimum atomic E-state index is -3.62. The van der Waals surface area contributed by atoms with Crippen LogP contribution in [-0.4, -0.2) is 41.3 Å². The summed E-state index contributed by atoms with van der Waals surface area (Å²) in [7, 11) is -2.31. The second kappa shape index (κ2) is 9.21. The number of carbonyl (C=O) groups is 1. The quantitative estimate of drug-likeness (QED) is 0.531.